The van der Waals surface area contributed by atoms with Crippen molar-refractivity contribution in [3.05, 3.63) is 114 Å². The first-order chi connectivity index (χ1) is 20.0. The van der Waals surface area contributed by atoms with Gasteiger partial charge in [-0.2, -0.15) is 4.98 Å². The summed E-state index contributed by atoms with van der Waals surface area (Å²) in [4.78, 5) is 13.3. The van der Waals surface area contributed by atoms with Crippen LogP contribution in [0.2, 0.25) is 0 Å². The standard InChI is InChI=1S/C30H30N6O4S/c31-17-41-26-23-25(34-28(32)35-26)36(18-33-23)27-30(39,24(38)22(16-37)40-27)29(19-10-4-1-5-11-19,20-12-6-2-7-13-20)21-14-8-3-9-15-21/h1-15,18,22,24,27,37-39H,16-17,31H2,(H2,32,34,35)/t22-,24-,27-,30-/m1/s1. The molecular formula is C30H30N6O4S. The van der Waals surface area contributed by atoms with E-state index in [0.717, 1.165) is 0 Å². The maximum absolute atomic E-state index is 13.3. The third-order valence-corrected chi connectivity index (χ3v) is 8.49. The number of fused-ring (bicyclic) bond motifs is 1. The average Bonchev–Trinajstić information content (AvgIpc) is 3.53. The second-order valence-electron chi connectivity index (χ2n) is 9.85. The summed E-state index contributed by atoms with van der Waals surface area (Å²) < 4.78 is 7.89. The third-order valence-electron chi connectivity index (χ3n) is 7.76. The number of rotatable bonds is 8. The molecule has 0 bridgehead atoms. The van der Waals surface area contributed by atoms with Gasteiger partial charge in [0.25, 0.3) is 0 Å². The Hall–Kier alpha value is -3.84. The predicted molar refractivity (Wildman–Crippen MR) is 156 cm³/mol. The Bertz CT molecular complexity index is 1540. The van der Waals surface area contributed by atoms with Crippen molar-refractivity contribution in [2.45, 2.75) is 34.5 Å². The maximum Gasteiger partial charge on any atom is 0.223 e. The van der Waals surface area contributed by atoms with Crippen molar-refractivity contribution < 1.29 is 20.1 Å². The van der Waals surface area contributed by atoms with Gasteiger partial charge in [-0.15, -0.1) is 0 Å². The summed E-state index contributed by atoms with van der Waals surface area (Å²) >= 11 is 1.25. The molecule has 5 aromatic rings. The van der Waals surface area contributed by atoms with Crippen molar-refractivity contribution in [2.24, 2.45) is 5.73 Å². The lowest BCUT2D eigenvalue weighted by Crippen LogP contribution is -2.62. The summed E-state index contributed by atoms with van der Waals surface area (Å²) in [7, 11) is 0. The highest BCUT2D eigenvalue weighted by molar-refractivity contribution is 7.99. The quantitative estimate of drug-likeness (QED) is 0.0809. The topological polar surface area (TPSA) is 166 Å². The van der Waals surface area contributed by atoms with Crippen LogP contribution >= 0.6 is 11.8 Å². The van der Waals surface area contributed by atoms with E-state index in [9.17, 15) is 15.3 Å². The lowest BCUT2D eigenvalue weighted by molar-refractivity contribution is -0.136. The van der Waals surface area contributed by atoms with Crippen molar-refractivity contribution >= 4 is 28.9 Å². The molecule has 0 saturated carbocycles. The number of nitrogens with two attached hydrogens (primary N) is 2. The maximum atomic E-state index is 13.3. The number of aromatic nitrogens is 4. The Kier molecular flexibility index (Phi) is 7.24. The molecular weight excluding hydrogens is 540 g/mol. The molecule has 1 fully saturated rings. The van der Waals surface area contributed by atoms with E-state index in [-0.39, 0.29) is 11.8 Å². The van der Waals surface area contributed by atoms with Gasteiger partial charge in [0.05, 0.1) is 18.3 Å². The number of nitrogens with zero attached hydrogens (tertiary/aromatic N) is 4. The number of hydrogen-bond donors (Lipinski definition) is 5. The van der Waals surface area contributed by atoms with Crippen molar-refractivity contribution in [1.82, 2.24) is 19.5 Å². The Morgan fingerprint density at radius 1 is 0.902 bits per heavy atom. The number of benzene rings is 3. The molecule has 6 rings (SSSR count). The number of hydrogen-bond acceptors (Lipinski definition) is 10. The molecule has 41 heavy (non-hydrogen) atoms. The summed E-state index contributed by atoms with van der Waals surface area (Å²) in [5.41, 5.74) is 11.2. The summed E-state index contributed by atoms with van der Waals surface area (Å²) in [5.74, 6) is 0.239. The van der Waals surface area contributed by atoms with Crippen molar-refractivity contribution in [2.75, 3.05) is 18.2 Å². The van der Waals surface area contributed by atoms with Gasteiger partial charge in [-0.1, -0.05) is 103 Å². The van der Waals surface area contributed by atoms with Crippen LogP contribution in [0.3, 0.4) is 0 Å². The van der Waals surface area contributed by atoms with Gasteiger partial charge in [0, 0.05) is 5.88 Å². The number of thioether (sulfide) groups is 1. The number of anilines is 1. The number of aliphatic hydroxyl groups is 3. The fourth-order valence-corrected chi connectivity index (χ4v) is 6.71. The molecule has 0 aliphatic carbocycles. The zero-order chi connectivity index (χ0) is 28.6. The van der Waals surface area contributed by atoms with Gasteiger partial charge in [-0.05, 0) is 16.7 Å². The third kappa shape index (κ3) is 4.12. The van der Waals surface area contributed by atoms with Crippen LogP contribution in [0.25, 0.3) is 11.2 Å². The Morgan fingerprint density at radius 2 is 1.44 bits per heavy atom. The molecule has 0 radical (unpaired) electrons. The van der Waals surface area contributed by atoms with Crippen LogP contribution in [-0.2, 0) is 10.2 Å². The molecule has 1 aliphatic rings. The number of aliphatic hydroxyl groups excluding tert-OH is 2. The predicted octanol–water partition coefficient (Wildman–Crippen LogP) is 2.43. The minimum Gasteiger partial charge on any atom is -0.394 e. The van der Waals surface area contributed by atoms with Gasteiger partial charge >= 0.3 is 0 Å². The van der Waals surface area contributed by atoms with Crippen molar-refractivity contribution in [3.8, 4) is 0 Å². The molecule has 4 atom stereocenters. The van der Waals surface area contributed by atoms with Crippen molar-refractivity contribution in [1.29, 1.82) is 0 Å². The first kappa shape index (κ1) is 27.3. The molecule has 210 valence electrons. The van der Waals surface area contributed by atoms with Crippen LogP contribution < -0.4 is 11.5 Å². The molecule has 0 amide bonds. The lowest BCUT2D eigenvalue weighted by Gasteiger charge is -2.50. The minimum atomic E-state index is -2.11. The van der Waals surface area contributed by atoms with Gasteiger partial charge in [-0.25, -0.2) is 9.97 Å². The van der Waals surface area contributed by atoms with Gasteiger partial charge in [0.15, 0.2) is 17.5 Å². The van der Waals surface area contributed by atoms with E-state index in [1.165, 1.54) is 18.1 Å². The Labute approximate surface area is 240 Å². The van der Waals surface area contributed by atoms with Crippen molar-refractivity contribution in [3.63, 3.8) is 0 Å². The average molecular weight is 571 g/mol. The van der Waals surface area contributed by atoms with Gasteiger partial charge in [0.1, 0.15) is 22.8 Å². The minimum absolute atomic E-state index is 0.00330. The Balaban J connectivity index is 1.72. The van der Waals surface area contributed by atoms with Crippen LogP contribution in [0.5, 0.6) is 0 Å². The second-order valence-corrected chi connectivity index (χ2v) is 10.9. The van der Waals surface area contributed by atoms with Gasteiger partial charge in [-0.3, -0.25) is 4.57 Å². The highest BCUT2D eigenvalue weighted by Gasteiger charge is 2.68. The molecule has 7 N–H and O–H groups in total. The SMILES string of the molecule is NCSc1nc(N)nc2c1ncn2[C@@H]1O[C@H](CO)[C@@H](O)[C@]1(O)C(c1ccccc1)(c1ccccc1)c1ccccc1. The summed E-state index contributed by atoms with van der Waals surface area (Å²) in [6.07, 6.45) is -2.47. The van der Waals surface area contributed by atoms with Gasteiger partial charge < -0.3 is 31.5 Å². The summed E-state index contributed by atoms with van der Waals surface area (Å²) in [5, 5.41) is 36.2. The van der Waals surface area contributed by atoms with Crippen LogP contribution in [0, 0.1) is 0 Å². The smallest absolute Gasteiger partial charge is 0.223 e. The fourth-order valence-electron chi connectivity index (χ4n) is 6.12. The van der Waals surface area contributed by atoms with E-state index in [1.54, 1.807) is 4.57 Å². The molecule has 0 unspecified atom stereocenters. The fraction of sp³-hybridized carbons (Fsp3) is 0.233. The lowest BCUT2D eigenvalue weighted by atomic mass is 9.57. The normalized spacial score (nSPS) is 22.8. The number of ether oxygens (including phenoxy) is 1. The van der Waals surface area contributed by atoms with Gasteiger partial charge in [0.2, 0.25) is 5.95 Å². The Morgan fingerprint density at radius 3 is 1.93 bits per heavy atom. The first-order valence-corrected chi connectivity index (χ1v) is 14.1. The molecule has 3 heterocycles. The largest absolute Gasteiger partial charge is 0.394 e. The monoisotopic (exact) mass is 570 g/mol. The molecule has 1 saturated heterocycles. The molecule has 0 spiro atoms. The zero-order valence-electron chi connectivity index (χ0n) is 22.0. The first-order valence-electron chi connectivity index (χ1n) is 13.1. The van der Waals surface area contributed by atoms with Crippen LogP contribution in [0.1, 0.15) is 22.9 Å². The number of nitrogen functional groups attached to an aromatic ring is 1. The van der Waals surface area contributed by atoms with E-state index in [0.29, 0.717) is 32.9 Å². The summed E-state index contributed by atoms with van der Waals surface area (Å²) in [6, 6.07) is 28.5. The van der Waals surface area contributed by atoms with Crippen LogP contribution in [0.15, 0.2) is 102 Å². The van der Waals surface area contributed by atoms with Crippen LogP contribution in [-0.4, -0.2) is 65.1 Å². The highest BCUT2D eigenvalue weighted by Crippen LogP contribution is 2.57. The number of imidazole rings is 1. The molecule has 1 aliphatic heterocycles. The second kappa shape index (κ2) is 10.9. The molecule has 10 nitrogen and oxygen atoms in total. The van der Waals surface area contributed by atoms with E-state index in [4.69, 9.17) is 16.2 Å². The highest BCUT2D eigenvalue weighted by atomic mass is 32.2. The molecule has 2 aromatic heterocycles. The molecule has 11 heteroatoms. The summed E-state index contributed by atoms with van der Waals surface area (Å²) in [6.45, 7) is -0.535. The zero-order valence-corrected chi connectivity index (χ0v) is 22.8. The van der Waals surface area contributed by atoms with E-state index in [1.807, 2.05) is 91.0 Å². The van der Waals surface area contributed by atoms with E-state index < -0.39 is 36.1 Å². The van der Waals surface area contributed by atoms with E-state index in [2.05, 4.69) is 15.0 Å². The van der Waals surface area contributed by atoms with Crippen LogP contribution in [0.4, 0.5) is 5.95 Å². The van der Waals surface area contributed by atoms with E-state index >= 15 is 0 Å². The molecule has 3 aromatic carbocycles.